The molecule has 1 aliphatic heterocycles. The summed E-state index contributed by atoms with van der Waals surface area (Å²) in [7, 11) is 0. The van der Waals surface area contributed by atoms with Gasteiger partial charge < -0.3 is 15.1 Å². The van der Waals surface area contributed by atoms with Crippen LogP contribution in [0, 0.1) is 0 Å². The van der Waals surface area contributed by atoms with Crippen molar-refractivity contribution in [3.63, 3.8) is 0 Å². The summed E-state index contributed by atoms with van der Waals surface area (Å²) in [6.45, 7) is 14.9. The minimum Gasteiger partial charge on any atom is -0.317 e. The second-order valence-electron chi connectivity index (χ2n) is 11.9. The highest BCUT2D eigenvalue weighted by atomic mass is 15.1. The summed E-state index contributed by atoms with van der Waals surface area (Å²) >= 11 is 0. The molecule has 1 N–H and O–H groups in total. The third-order valence-electron chi connectivity index (χ3n) is 8.26. The van der Waals surface area contributed by atoms with Crippen LogP contribution in [0.25, 0.3) is 0 Å². The van der Waals surface area contributed by atoms with E-state index in [4.69, 9.17) is 0 Å². The Kier molecular flexibility index (Phi) is 26.3. The molecule has 36 heavy (non-hydrogen) atoms. The molecule has 0 aromatic rings. The van der Waals surface area contributed by atoms with E-state index in [0.29, 0.717) is 0 Å². The largest absolute Gasteiger partial charge is 0.317 e. The quantitative estimate of drug-likeness (QED) is 0.147. The fourth-order valence-corrected chi connectivity index (χ4v) is 5.81. The van der Waals surface area contributed by atoms with Crippen LogP contribution in [0.4, 0.5) is 0 Å². The standard InChI is InChI=1S/C33H69N3/c1-3-5-7-9-11-13-15-17-19-21-28-35-30-23-26-34-27-24-31-36(33-25-32-35)29-22-20-18-16-14-12-10-8-6-4-2/h34H,3-33H2,1-2H3. The zero-order valence-electron chi connectivity index (χ0n) is 25.3. The lowest BCUT2D eigenvalue weighted by molar-refractivity contribution is 0.212. The zero-order valence-corrected chi connectivity index (χ0v) is 25.3. The van der Waals surface area contributed by atoms with E-state index in [9.17, 15) is 0 Å². The molecule has 216 valence electrons. The first-order chi connectivity index (χ1) is 17.9. The summed E-state index contributed by atoms with van der Waals surface area (Å²) in [6, 6.07) is 0. The van der Waals surface area contributed by atoms with Gasteiger partial charge in [0.05, 0.1) is 0 Å². The van der Waals surface area contributed by atoms with Crippen LogP contribution < -0.4 is 5.32 Å². The molecule has 0 spiro atoms. The van der Waals surface area contributed by atoms with Crippen LogP contribution in [0.3, 0.4) is 0 Å². The maximum Gasteiger partial charge on any atom is -0.000654 e. The number of hydrogen-bond donors (Lipinski definition) is 1. The molecule has 0 aliphatic carbocycles. The van der Waals surface area contributed by atoms with Crippen LogP contribution in [-0.4, -0.2) is 62.2 Å². The molecule has 1 heterocycles. The fourth-order valence-electron chi connectivity index (χ4n) is 5.81. The lowest BCUT2D eigenvalue weighted by atomic mass is 10.1. The van der Waals surface area contributed by atoms with Crippen molar-refractivity contribution in [3.05, 3.63) is 0 Å². The van der Waals surface area contributed by atoms with Crippen LogP contribution in [-0.2, 0) is 0 Å². The van der Waals surface area contributed by atoms with Crippen LogP contribution in [0.2, 0.25) is 0 Å². The Morgan fingerprint density at radius 3 is 1.06 bits per heavy atom. The van der Waals surface area contributed by atoms with Gasteiger partial charge in [-0.1, -0.05) is 129 Å². The zero-order chi connectivity index (χ0) is 25.8. The molecule has 0 saturated carbocycles. The monoisotopic (exact) mass is 508 g/mol. The van der Waals surface area contributed by atoms with E-state index in [1.54, 1.807) is 0 Å². The van der Waals surface area contributed by atoms with Gasteiger partial charge in [-0.2, -0.15) is 0 Å². The van der Waals surface area contributed by atoms with Crippen molar-refractivity contribution < 1.29 is 0 Å². The maximum absolute atomic E-state index is 3.71. The summed E-state index contributed by atoms with van der Waals surface area (Å²) in [5.74, 6) is 0. The highest BCUT2D eigenvalue weighted by Crippen LogP contribution is 2.13. The van der Waals surface area contributed by atoms with E-state index in [2.05, 4.69) is 29.0 Å². The molecule has 0 radical (unpaired) electrons. The molecule has 0 aromatic carbocycles. The number of unbranched alkanes of at least 4 members (excludes halogenated alkanes) is 18. The van der Waals surface area contributed by atoms with Crippen molar-refractivity contribution in [2.24, 2.45) is 0 Å². The molecule has 1 rings (SSSR count). The summed E-state index contributed by atoms with van der Waals surface area (Å²) in [5.41, 5.74) is 0. The molecule has 0 aromatic heterocycles. The summed E-state index contributed by atoms with van der Waals surface area (Å²) in [5, 5.41) is 3.71. The fraction of sp³-hybridized carbons (Fsp3) is 1.00. The Morgan fingerprint density at radius 2 is 0.694 bits per heavy atom. The second-order valence-corrected chi connectivity index (χ2v) is 11.9. The van der Waals surface area contributed by atoms with Gasteiger partial charge in [-0.3, -0.25) is 0 Å². The van der Waals surface area contributed by atoms with E-state index in [1.165, 1.54) is 200 Å². The topological polar surface area (TPSA) is 18.5 Å². The first-order valence-corrected chi connectivity index (χ1v) is 17.0. The third-order valence-corrected chi connectivity index (χ3v) is 8.26. The molecule has 3 heteroatoms. The molecule has 1 fully saturated rings. The Morgan fingerprint density at radius 1 is 0.389 bits per heavy atom. The molecule has 1 saturated heterocycles. The van der Waals surface area contributed by atoms with Crippen molar-refractivity contribution in [1.29, 1.82) is 0 Å². The van der Waals surface area contributed by atoms with E-state index in [1.807, 2.05) is 0 Å². The van der Waals surface area contributed by atoms with Gasteiger partial charge in [0.15, 0.2) is 0 Å². The van der Waals surface area contributed by atoms with Gasteiger partial charge in [0.2, 0.25) is 0 Å². The predicted molar refractivity (Wildman–Crippen MR) is 163 cm³/mol. The first kappa shape index (κ1) is 33.9. The van der Waals surface area contributed by atoms with Gasteiger partial charge in [0.1, 0.15) is 0 Å². The minimum atomic E-state index is 1.20. The van der Waals surface area contributed by atoms with Gasteiger partial charge in [0.25, 0.3) is 0 Å². The summed E-state index contributed by atoms with van der Waals surface area (Å²) < 4.78 is 0. The van der Waals surface area contributed by atoms with Gasteiger partial charge in [-0.25, -0.2) is 0 Å². The van der Waals surface area contributed by atoms with Crippen molar-refractivity contribution in [3.8, 4) is 0 Å². The predicted octanol–water partition coefficient (Wildman–Crippen LogP) is 9.21. The van der Waals surface area contributed by atoms with Crippen molar-refractivity contribution >= 4 is 0 Å². The maximum atomic E-state index is 3.71. The van der Waals surface area contributed by atoms with Crippen LogP contribution in [0.1, 0.15) is 162 Å². The molecule has 3 nitrogen and oxygen atoms in total. The minimum absolute atomic E-state index is 1.20. The van der Waals surface area contributed by atoms with Gasteiger partial charge in [0, 0.05) is 0 Å². The van der Waals surface area contributed by atoms with Crippen molar-refractivity contribution in [1.82, 2.24) is 15.1 Å². The van der Waals surface area contributed by atoms with E-state index in [0.717, 1.165) is 0 Å². The van der Waals surface area contributed by atoms with Gasteiger partial charge >= 0.3 is 0 Å². The van der Waals surface area contributed by atoms with Crippen molar-refractivity contribution in [2.45, 2.75) is 162 Å². The Hall–Kier alpha value is -0.120. The number of rotatable bonds is 22. The van der Waals surface area contributed by atoms with E-state index >= 15 is 0 Å². The first-order valence-electron chi connectivity index (χ1n) is 17.0. The van der Waals surface area contributed by atoms with E-state index in [-0.39, 0.29) is 0 Å². The number of nitrogens with one attached hydrogen (secondary N) is 1. The van der Waals surface area contributed by atoms with E-state index < -0.39 is 0 Å². The second kappa shape index (κ2) is 27.9. The average molecular weight is 508 g/mol. The lowest BCUT2D eigenvalue weighted by Gasteiger charge is -2.27. The number of nitrogens with zero attached hydrogens (tertiary/aromatic N) is 2. The van der Waals surface area contributed by atoms with Crippen LogP contribution in [0.5, 0.6) is 0 Å². The van der Waals surface area contributed by atoms with Gasteiger partial charge in [-0.05, 0) is 84.5 Å². The molecule has 0 bridgehead atoms. The smallest absolute Gasteiger partial charge is 0.000654 e. The highest BCUT2D eigenvalue weighted by molar-refractivity contribution is 4.66. The molecular formula is C33H69N3. The SMILES string of the molecule is CCCCCCCCCCCCN1CCCNCCCN(CCCCCCCCCCCC)CCC1. The summed E-state index contributed by atoms with van der Waals surface area (Å²) in [4.78, 5) is 5.57. The molecule has 0 atom stereocenters. The highest BCUT2D eigenvalue weighted by Gasteiger charge is 2.10. The summed E-state index contributed by atoms with van der Waals surface area (Å²) in [6.07, 6.45) is 32.8. The van der Waals surface area contributed by atoms with Crippen LogP contribution in [0.15, 0.2) is 0 Å². The van der Waals surface area contributed by atoms with Crippen molar-refractivity contribution in [2.75, 3.05) is 52.4 Å². The lowest BCUT2D eigenvalue weighted by Crippen LogP contribution is -2.35. The molecular weight excluding hydrogens is 438 g/mol. The number of hydrogen-bond acceptors (Lipinski definition) is 3. The average Bonchev–Trinajstić information content (AvgIpc) is 2.88. The Balaban J connectivity index is 2.11. The molecule has 0 unspecified atom stereocenters. The van der Waals surface area contributed by atoms with Crippen LogP contribution >= 0.6 is 0 Å². The van der Waals surface area contributed by atoms with Gasteiger partial charge in [-0.15, -0.1) is 0 Å². The Bertz CT molecular complexity index is 378. The molecule has 0 amide bonds. The Labute approximate surface area is 228 Å². The third kappa shape index (κ3) is 23.0. The molecule has 1 aliphatic rings. The normalized spacial score (nSPS) is 17.2.